The Morgan fingerprint density at radius 2 is 1.84 bits per heavy atom. The highest BCUT2D eigenvalue weighted by Gasteiger charge is 2.07. The summed E-state index contributed by atoms with van der Waals surface area (Å²) in [5.41, 5.74) is 0. The summed E-state index contributed by atoms with van der Waals surface area (Å²) in [7, 11) is -3.37. The number of benzene rings is 1. The van der Waals surface area contributed by atoms with E-state index in [9.17, 15) is 8.42 Å². The number of hydrogen-bond acceptors (Lipinski definition) is 3. The van der Waals surface area contributed by atoms with E-state index >= 15 is 0 Å². The van der Waals surface area contributed by atoms with Crippen molar-refractivity contribution in [3.8, 4) is 5.75 Å². The molecule has 0 atom stereocenters. The predicted octanol–water partition coefficient (Wildman–Crippen LogP) is 3.59. The van der Waals surface area contributed by atoms with Gasteiger partial charge < -0.3 is 4.74 Å². The molecule has 0 aliphatic rings. The SMILES string of the molecule is NS(=O)(=O)CCCCCOc1cc(Cl)c(Br)cc1Cl. The first-order valence-corrected chi connectivity index (χ1v) is 8.84. The lowest BCUT2D eigenvalue weighted by Crippen LogP contribution is -2.16. The number of hydrogen-bond donors (Lipinski definition) is 1. The number of nitrogens with two attached hydrogens (primary N) is 1. The highest BCUT2D eigenvalue weighted by molar-refractivity contribution is 9.10. The van der Waals surface area contributed by atoms with E-state index in [4.69, 9.17) is 33.1 Å². The summed E-state index contributed by atoms with van der Waals surface area (Å²) in [6.45, 7) is 0.447. The molecule has 1 aromatic rings. The molecule has 1 aromatic carbocycles. The molecule has 1 rings (SSSR count). The van der Waals surface area contributed by atoms with Crippen molar-refractivity contribution in [1.29, 1.82) is 0 Å². The van der Waals surface area contributed by atoms with E-state index in [0.717, 1.165) is 12.8 Å². The molecule has 0 spiro atoms. The predicted molar refractivity (Wildman–Crippen MR) is 81.5 cm³/mol. The molecule has 0 fully saturated rings. The highest BCUT2D eigenvalue weighted by atomic mass is 79.9. The fourth-order valence-electron chi connectivity index (χ4n) is 1.38. The normalized spacial score (nSPS) is 11.6. The zero-order valence-corrected chi connectivity index (χ0v) is 13.9. The van der Waals surface area contributed by atoms with Crippen molar-refractivity contribution in [3.05, 3.63) is 26.7 Å². The summed E-state index contributed by atoms with van der Waals surface area (Å²) in [6, 6.07) is 3.30. The molecule has 108 valence electrons. The number of primary sulfonamides is 1. The Morgan fingerprint density at radius 1 is 1.16 bits per heavy atom. The van der Waals surface area contributed by atoms with E-state index in [2.05, 4.69) is 15.9 Å². The summed E-state index contributed by atoms with van der Waals surface area (Å²) in [5, 5.41) is 5.89. The van der Waals surface area contributed by atoms with Crippen LogP contribution in [-0.2, 0) is 10.0 Å². The molecular formula is C11H14BrCl2NO3S. The van der Waals surface area contributed by atoms with Crippen molar-refractivity contribution in [3.63, 3.8) is 0 Å². The van der Waals surface area contributed by atoms with Crippen LogP contribution in [-0.4, -0.2) is 20.8 Å². The molecule has 0 radical (unpaired) electrons. The maximum Gasteiger partial charge on any atom is 0.209 e. The number of unbranched alkanes of at least 4 members (excludes halogenated alkanes) is 2. The maximum absolute atomic E-state index is 10.7. The number of halogens is 3. The Labute approximate surface area is 131 Å². The molecule has 0 saturated carbocycles. The summed E-state index contributed by atoms with van der Waals surface area (Å²) in [6.07, 6.45) is 1.97. The first-order valence-electron chi connectivity index (χ1n) is 5.57. The van der Waals surface area contributed by atoms with Gasteiger partial charge in [-0.05, 0) is 41.3 Å². The second-order valence-electron chi connectivity index (χ2n) is 3.97. The molecule has 19 heavy (non-hydrogen) atoms. The van der Waals surface area contributed by atoms with Crippen LogP contribution in [0.1, 0.15) is 19.3 Å². The molecule has 4 nitrogen and oxygen atoms in total. The van der Waals surface area contributed by atoms with Crippen molar-refractivity contribution >= 4 is 49.2 Å². The van der Waals surface area contributed by atoms with Gasteiger partial charge in [0.05, 0.1) is 22.4 Å². The highest BCUT2D eigenvalue weighted by Crippen LogP contribution is 2.34. The summed E-state index contributed by atoms with van der Waals surface area (Å²) < 4.78 is 27.6. The Morgan fingerprint density at radius 3 is 2.47 bits per heavy atom. The Kier molecular flexibility index (Phi) is 6.90. The molecule has 0 aromatic heterocycles. The molecule has 0 amide bonds. The molecule has 2 N–H and O–H groups in total. The third kappa shape index (κ3) is 6.81. The topological polar surface area (TPSA) is 69.4 Å². The minimum atomic E-state index is -3.37. The molecular weight excluding hydrogens is 377 g/mol. The smallest absolute Gasteiger partial charge is 0.209 e. The Bertz CT molecular complexity index is 537. The van der Waals surface area contributed by atoms with Crippen LogP contribution in [0.25, 0.3) is 0 Å². The lowest BCUT2D eigenvalue weighted by Gasteiger charge is -2.09. The van der Waals surface area contributed by atoms with E-state index < -0.39 is 10.0 Å². The zero-order valence-electron chi connectivity index (χ0n) is 10.0. The van der Waals surface area contributed by atoms with E-state index in [1.165, 1.54) is 0 Å². The molecule has 0 aliphatic carbocycles. The number of sulfonamides is 1. The lowest BCUT2D eigenvalue weighted by atomic mass is 10.2. The maximum atomic E-state index is 10.7. The second-order valence-corrected chi connectivity index (χ2v) is 7.38. The Balaban J connectivity index is 2.32. The zero-order chi connectivity index (χ0) is 14.5. The first-order chi connectivity index (χ1) is 8.79. The summed E-state index contributed by atoms with van der Waals surface area (Å²) >= 11 is 15.2. The molecule has 0 unspecified atom stereocenters. The minimum absolute atomic E-state index is 0.00211. The van der Waals surface area contributed by atoms with Crippen molar-refractivity contribution in [2.75, 3.05) is 12.4 Å². The van der Waals surface area contributed by atoms with Crippen molar-refractivity contribution < 1.29 is 13.2 Å². The van der Waals surface area contributed by atoms with Crippen LogP contribution in [0.2, 0.25) is 10.0 Å². The van der Waals surface area contributed by atoms with Gasteiger partial charge in [-0.1, -0.05) is 23.2 Å². The van der Waals surface area contributed by atoms with E-state index in [-0.39, 0.29) is 5.75 Å². The first kappa shape index (κ1) is 17.0. The fraction of sp³-hybridized carbons (Fsp3) is 0.455. The third-order valence-electron chi connectivity index (χ3n) is 2.31. The average Bonchev–Trinajstić information content (AvgIpc) is 2.28. The van der Waals surface area contributed by atoms with Crippen LogP contribution in [0.4, 0.5) is 0 Å². The van der Waals surface area contributed by atoms with Gasteiger partial charge in [-0.25, -0.2) is 13.6 Å². The fourth-order valence-corrected chi connectivity index (χ4v) is 2.83. The van der Waals surface area contributed by atoms with Gasteiger partial charge >= 0.3 is 0 Å². The van der Waals surface area contributed by atoms with Gasteiger partial charge in [0.1, 0.15) is 5.75 Å². The summed E-state index contributed by atoms with van der Waals surface area (Å²) in [5.74, 6) is 0.513. The molecule has 0 aliphatic heterocycles. The van der Waals surface area contributed by atoms with Crippen molar-refractivity contribution in [2.24, 2.45) is 5.14 Å². The second kappa shape index (κ2) is 7.69. The van der Waals surface area contributed by atoms with Gasteiger partial charge in [-0.3, -0.25) is 0 Å². The molecule has 0 heterocycles. The van der Waals surface area contributed by atoms with Crippen LogP contribution in [0.3, 0.4) is 0 Å². The largest absolute Gasteiger partial charge is 0.492 e. The van der Waals surface area contributed by atoms with Gasteiger partial charge in [0, 0.05) is 10.5 Å². The van der Waals surface area contributed by atoms with Crippen LogP contribution >= 0.6 is 39.1 Å². The third-order valence-corrected chi connectivity index (χ3v) is 4.66. The van der Waals surface area contributed by atoms with Gasteiger partial charge in [-0.15, -0.1) is 0 Å². The van der Waals surface area contributed by atoms with Crippen molar-refractivity contribution in [1.82, 2.24) is 0 Å². The van der Waals surface area contributed by atoms with Gasteiger partial charge in [0.15, 0.2) is 0 Å². The average molecular weight is 391 g/mol. The van der Waals surface area contributed by atoms with Gasteiger partial charge in [-0.2, -0.15) is 0 Å². The van der Waals surface area contributed by atoms with E-state index in [1.54, 1.807) is 12.1 Å². The van der Waals surface area contributed by atoms with Crippen LogP contribution in [0.5, 0.6) is 5.75 Å². The molecule has 8 heteroatoms. The molecule has 0 saturated heterocycles. The van der Waals surface area contributed by atoms with Crippen molar-refractivity contribution in [2.45, 2.75) is 19.3 Å². The summed E-state index contributed by atoms with van der Waals surface area (Å²) in [4.78, 5) is 0. The van der Waals surface area contributed by atoms with Gasteiger partial charge in [0.2, 0.25) is 10.0 Å². The number of ether oxygens (including phenoxy) is 1. The van der Waals surface area contributed by atoms with Crippen LogP contribution < -0.4 is 9.88 Å². The van der Waals surface area contributed by atoms with E-state index in [1.807, 2.05) is 0 Å². The molecule has 0 bridgehead atoms. The lowest BCUT2D eigenvalue weighted by molar-refractivity contribution is 0.306. The standard InChI is InChI=1S/C11H14BrCl2NO3S/c12-8-6-10(14)11(7-9(8)13)18-4-2-1-3-5-19(15,16)17/h6-7H,1-5H2,(H2,15,16,17). The Hall–Kier alpha value is -0.0100. The van der Waals surface area contributed by atoms with Crippen LogP contribution in [0, 0.1) is 0 Å². The van der Waals surface area contributed by atoms with E-state index in [0.29, 0.717) is 33.3 Å². The van der Waals surface area contributed by atoms with Crippen LogP contribution in [0.15, 0.2) is 16.6 Å². The van der Waals surface area contributed by atoms with Gasteiger partial charge in [0.25, 0.3) is 0 Å². The monoisotopic (exact) mass is 389 g/mol. The minimum Gasteiger partial charge on any atom is -0.492 e. The quantitative estimate of drug-likeness (QED) is 0.571. The number of rotatable bonds is 7.